The van der Waals surface area contributed by atoms with Crippen LogP contribution in [0.3, 0.4) is 0 Å². The molecular formula is C17H15NO4S. The maximum absolute atomic E-state index is 12.0. The average molecular weight is 329 g/mol. The second-order valence-corrected chi connectivity index (χ2v) is 5.69. The van der Waals surface area contributed by atoms with Gasteiger partial charge in [0.1, 0.15) is 6.04 Å². The Bertz CT molecular complexity index is 688. The van der Waals surface area contributed by atoms with Crippen molar-refractivity contribution in [2.45, 2.75) is 6.04 Å². The first-order valence-electron chi connectivity index (χ1n) is 6.89. The van der Waals surface area contributed by atoms with Gasteiger partial charge < -0.3 is 10.4 Å². The molecule has 1 amide bonds. The molecule has 0 aliphatic carbocycles. The van der Waals surface area contributed by atoms with Crippen LogP contribution in [0.5, 0.6) is 0 Å². The molecule has 0 aliphatic rings. The number of rotatable bonds is 6. The second-order valence-electron chi connectivity index (χ2n) is 4.69. The smallest absolute Gasteiger partial charge is 0.327 e. The summed E-state index contributed by atoms with van der Waals surface area (Å²) in [7, 11) is 0. The fourth-order valence-electron chi connectivity index (χ4n) is 1.82. The quantitative estimate of drug-likeness (QED) is 0.850. The Morgan fingerprint density at radius 2 is 1.43 bits per heavy atom. The number of carbonyl (C=O) groups is 3. The molecule has 0 fully saturated rings. The summed E-state index contributed by atoms with van der Waals surface area (Å²) in [6.07, 6.45) is 0. The zero-order chi connectivity index (χ0) is 16.7. The van der Waals surface area contributed by atoms with E-state index in [1.807, 2.05) is 0 Å². The van der Waals surface area contributed by atoms with Crippen LogP contribution >= 0.6 is 11.8 Å². The van der Waals surface area contributed by atoms with E-state index in [0.29, 0.717) is 11.1 Å². The highest BCUT2D eigenvalue weighted by atomic mass is 32.2. The number of benzene rings is 2. The fraction of sp³-hybridized carbons (Fsp3) is 0.118. The first kappa shape index (κ1) is 16.8. The minimum atomic E-state index is -1.18. The molecular weight excluding hydrogens is 314 g/mol. The van der Waals surface area contributed by atoms with Gasteiger partial charge in [0.15, 0.2) is 0 Å². The van der Waals surface area contributed by atoms with Crippen molar-refractivity contribution in [2.24, 2.45) is 0 Å². The molecule has 0 heterocycles. The van der Waals surface area contributed by atoms with E-state index in [0.717, 1.165) is 11.8 Å². The molecule has 0 unspecified atom stereocenters. The van der Waals surface area contributed by atoms with Gasteiger partial charge in [0.05, 0.1) is 0 Å². The molecule has 0 aromatic heterocycles. The minimum absolute atomic E-state index is 0.0400. The van der Waals surface area contributed by atoms with Crippen molar-refractivity contribution in [3.8, 4) is 0 Å². The molecule has 0 saturated carbocycles. The third-order valence-electron chi connectivity index (χ3n) is 3.03. The van der Waals surface area contributed by atoms with Crippen LogP contribution in [0.2, 0.25) is 0 Å². The molecule has 0 aliphatic heterocycles. The van der Waals surface area contributed by atoms with Gasteiger partial charge in [-0.3, -0.25) is 9.59 Å². The lowest BCUT2D eigenvalue weighted by Crippen LogP contribution is -2.42. The summed E-state index contributed by atoms with van der Waals surface area (Å²) in [5, 5.41) is 11.4. The number of carboxylic acids is 1. The topological polar surface area (TPSA) is 83.5 Å². The van der Waals surface area contributed by atoms with E-state index in [1.165, 1.54) is 0 Å². The minimum Gasteiger partial charge on any atom is -0.480 e. The Morgan fingerprint density at radius 3 is 1.96 bits per heavy atom. The highest BCUT2D eigenvalue weighted by Gasteiger charge is 2.22. The standard InChI is InChI=1S/C17H15NO4S/c19-15(12-7-3-1-4-8-12)18-14(16(20)21)11-23-17(22)13-9-5-2-6-10-13/h1-10,14H,11H2,(H,18,19)(H,20,21)/t14-/m1/s1. The van der Waals surface area contributed by atoms with E-state index in [9.17, 15) is 19.5 Å². The van der Waals surface area contributed by atoms with E-state index < -0.39 is 17.9 Å². The van der Waals surface area contributed by atoms with E-state index in [1.54, 1.807) is 60.7 Å². The molecule has 0 saturated heterocycles. The molecule has 2 aromatic rings. The molecule has 1 atom stereocenters. The molecule has 23 heavy (non-hydrogen) atoms. The van der Waals surface area contributed by atoms with Crippen LogP contribution in [-0.4, -0.2) is 33.9 Å². The molecule has 2 aromatic carbocycles. The van der Waals surface area contributed by atoms with Crippen molar-refractivity contribution in [2.75, 3.05) is 5.75 Å². The molecule has 0 radical (unpaired) electrons. The molecule has 2 rings (SSSR count). The Labute approximate surface area is 137 Å². The first-order valence-corrected chi connectivity index (χ1v) is 7.87. The van der Waals surface area contributed by atoms with Crippen LogP contribution in [0.15, 0.2) is 60.7 Å². The van der Waals surface area contributed by atoms with Gasteiger partial charge in [-0.25, -0.2) is 4.79 Å². The van der Waals surface area contributed by atoms with Gasteiger partial charge in [-0.1, -0.05) is 60.3 Å². The van der Waals surface area contributed by atoms with Crippen LogP contribution in [0.4, 0.5) is 0 Å². The highest BCUT2D eigenvalue weighted by molar-refractivity contribution is 8.14. The average Bonchev–Trinajstić information content (AvgIpc) is 2.59. The predicted molar refractivity (Wildman–Crippen MR) is 88.6 cm³/mol. The molecule has 6 heteroatoms. The predicted octanol–water partition coefficient (Wildman–Crippen LogP) is 2.44. The monoisotopic (exact) mass is 329 g/mol. The first-order chi connectivity index (χ1) is 11.1. The van der Waals surface area contributed by atoms with Gasteiger partial charge in [0.25, 0.3) is 5.91 Å². The van der Waals surface area contributed by atoms with Gasteiger partial charge in [-0.05, 0) is 12.1 Å². The molecule has 0 spiro atoms. The lowest BCUT2D eigenvalue weighted by Gasteiger charge is -2.13. The zero-order valence-electron chi connectivity index (χ0n) is 12.1. The van der Waals surface area contributed by atoms with E-state index in [2.05, 4.69) is 5.32 Å². The van der Waals surface area contributed by atoms with Crippen LogP contribution in [0.25, 0.3) is 0 Å². The van der Waals surface area contributed by atoms with Gasteiger partial charge >= 0.3 is 5.97 Å². The van der Waals surface area contributed by atoms with Crippen molar-refractivity contribution >= 4 is 28.8 Å². The number of hydrogen-bond donors (Lipinski definition) is 2. The number of thioether (sulfide) groups is 1. The van der Waals surface area contributed by atoms with Crippen LogP contribution in [0.1, 0.15) is 20.7 Å². The number of amides is 1. The molecule has 2 N–H and O–H groups in total. The molecule has 118 valence electrons. The summed E-state index contributed by atoms with van der Waals surface area (Å²) in [6.45, 7) is 0. The number of carboxylic acid groups (broad SMARTS) is 1. The third kappa shape index (κ3) is 4.96. The van der Waals surface area contributed by atoms with Crippen molar-refractivity contribution in [3.63, 3.8) is 0 Å². The Balaban J connectivity index is 1.96. The lowest BCUT2D eigenvalue weighted by atomic mass is 10.2. The third-order valence-corrected chi connectivity index (χ3v) is 4.03. The zero-order valence-corrected chi connectivity index (χ0v) is 13.0. The summed E-state index contributed by atoms with van der Waals surface area (Å²) >= 11 is 0.869. The number of hydrogen-bond acceptors (Lipinski definition) is 4. The largest absolute Gasteiger partial charge is 0.480 e. The second kappa shape index (κ2) is 8.14. The molecule has 0 bridgehead atoms. The number of aliphatic carboxylic acids is 1. The van der Waals surface area contributed by atoms with E-state index in [4.69, 9.17) is 0 Å². The van der Waals surface area contributed by atoms with Crippen LogP contribution in [0, 0.1) is 0 Å². The van der Waals surface area contributed by atoms with Crippen LogP contribution in [-0.2, 0) is 4.79 Å². The SMILES string of the molecule is O=C(N[C@H](CSC(=O)c1ccccc1)C(=O)O)c1ccccc1. The number of carbonyl (C=O) groups excluding carboxylic acids is 2. The summed E-state index contributed by atoms with van der Waals surface area (Å²) in [5.41, 5.74) is 0.870. The normalized spacial score (nSPS) is 11.5. The Morgan fingerprint density at radius 1 is 0.913 bits per heavy atom. The highest BCUT2D eigenvalue weighted by Crippen LogP contribution is 2.13. The van der Waals surface area contributed by atoms with Gasteiger partial charge in [-0.15, -0.1) is 0 Å². The van der Waals surface area contributed by atoms with Gasteiger partial charge in [-0.2, -0.15) is 0 Å². The molecule has 5 nitrogen and oxygen atoms in total. The Kier molecular flexibility index (Phi) is 5.94. The summed E-state index contributed by atoms with van der Waals surface area (Å²) in [5.74, 6) is -1.70. The maximum Gasteiger partial charge on any atom is 0.327 e. The van der Waals surface area contributed by atoms with Crippen molar-refractivity contribution in [1.82, 2.24) is 5.32 Å². The lowest BCUT2D eigenvalue weighted by molar-refractivity contribution is -0.138. The van der Waals surface area contributed by atoms with Crippen molar-refractivity contribution < 1.29 is 19.5 Å². The van der Waals surface area contributed by atoms with Gasteiger partial charge in [0.2, 0.25) is 5.12 Å². The Hall–Kier alpha value is -2.60. The van der Waals surface area contributed by atoms with Crippen LogP contribution < -0.4 is 5.32 Å². The van der Waals surface area contributed by atoms with Crippen molar-refractivity contribution in [3.05, 3.63) is 71.8 Å². The fourth-order valence-corrected chi connectivity index (χ4v) is 2.67. The van der Waals surface area contributed by atoms with E-state index in [-0.39, 0.29) is 10.9 Å². The summed E-state index contributed by atoms with van der Waals surface area (Å²) in [4.78, 5) is 35.3. The number of nitrogens with one attached hydrogen (secondary N) is 1. The summed E-state index contributed by atoms with van der Waals surface area (Å²) < 4.78 is 0. The van der Waals surface area contributed by atoms with E-state index >= 15 is 0 Å². The maximum atomic E-state index is 12.0. The van der Waals surface area contributed by atoms with Crippen molar-refractivity contribution in [1.29, 1.82) is 0 Å². The van der Waals surface area contributed by atoms with Gasteiger partial charge in [0, 0.05) is 16.9 Å². The summed E-state index contributed by atoms with van der Waals surface area (Å²) in [6, 6.07) is 15.8.